The van der Waals surface area contributed by atoms with Crippen molar-refractivity contribution in [3.63, 3.8) is 0 Å². The number of phenolic OH excluding ortho intramolecular Hbond substituents is 1. The average Bonchev–Trinajstić information content (AvgIpc) is 2.92. The molecule has 1 amide bonds. The van der Waals surface area contributed by atoms with Gasteiger partial charge in [0, 0.05) is 11.3 Å². The van der Waals surface area contributed by atoms with Crippen molar-refractivity contribution in [1.29, 1.82) is 0 Å². The van der Waals surface area contributed by atoms with E-state index >= 15 is 0 Å². The molecule has 1 aliphatic carbocycles. The Morgan fingerprint density at radius 3 is 2.72 bits per heavy atom. The number of nitrogens with one attached hydrogen (secondary N) is 3. The second kappa shape index (κ2) is 5.66. The number of anilines is 1. The average molecular weight is 340 g/mol. The van der Waals surface area contributed by atoms with Gasteiger partial charge in [-0.2, -0.15) is 4.52 Å². The van der Waals surface area contributed by atoms with Crippen LogP contribution in [0.5, 0.6) is 5.75 Å². The number of aromatic hydroxyl groups is 1. The third-order valence-electron chi connectivity index (χ3n) is 4.49. The van der Waals surface area contributed by atoms with E-state index in [1.807, 2.05) is 0 Å². The van der Waals surface area contributed by atoms with Crippen LogP contribution >= 0.6 is 0 Å². The van der Waals surface area contributed by atoms with Crippen LogP contribution in [0.15, 0.2) is 33.9 Å². The van der Waals surface area contributed by atoms with Crippen LogP contribution in [-0.4, -0.2) is 25.6 Å². The molecule has 0 saturated carbocycles. The summed E-state index contributed by atoms with van der Waals surface area (Å²) >= 11 is 0. The number of H-pyrrole nitrogens is 2. The number of aromatic amines is 2. The molecule has 1 aromatic carbocycles. The molecule has 0 spiro atoms. The van der Waals surface area contributed by atoms with Crippen LogP contribution in [0.3, 0.4) is 0 Å². The topological polar surface area (TPSA) is 119 Å². The summed E-state index contributed by atoms with van der Waals surface area (Å²) in [5.74, 6) is -0.818. The molecule has 2 heterocycles. The number of carbonyl (C=O) groups excluding carboxylic acids is 1. The van der Waals surface area contributed by atoms with Gasteiger partial charge in [-0.25, -0.2) is 0 Å². The zero-order valence-corrected chi connectivity index (χ0v) is 13.3. The SMILES string of the molecule is O=C(Nc1c(=O)[nH]n2c(=O)c3c([nH]c12)CCCC3)c1ccccc1O. The van der Waals surface area contributed by atoms with Gasteiger partial charge in [0.25, 0.3) is 17.0 Å². The minimum Gasteiger partial charge on any atom is -0.507 e. The fourth-order valence-corrected chi connectivity index (χ4v) is 3.22. The molecule has 0 radical (unpaired) electrons. The van der Waals surface area contributed by atoms with Gasteiger partial charge >= 0.3 is 0 Å². The number of aromatic nitrogens is 3. The first kappa shape index (κ1) is 15.3. The maximum Gasteiger partial charge on any atom is 0.290 e. The van der Waals surface area contributed by atoms with E-state index in [1.54, 1.807) is 12.1 Å². The van der Waals surface area contributed by atoms with E-state index < -0.39 is 11.5 Å². The molecule has 8 heteroatoms. The third-order valence-corrected chi connectivity index (χ3v) is 4.49. The fourth-order valence-electron chi connectivity index (χ4n) is 3.22. The Balaban J connectivity index is 1.83. The van der Waals surface area contributed by atoms with Crippen LogP contribution < -0.4 is 16.4 Å². The van der Waals surface area contributed by atoms with E-state index in [1.165, 1.54) is 12.1 Å². The molecule has 0 bridgehead atoms. The monoisotopic (exact) mass is 340 g/mol. The molecule has 3 aromatic rings. The number of hydrogen-bond acceptors (Lipinski definition) is 4. The van der Waals surface area contributed by atoms with Crippen molar-refractivity contribution in [2.24, 2.45) is 0 Å². The molecule has 0 atom stereocenters. The summed E-state index contributed by atoms with van der Waals surface area (Å²) in [4.78, 5) is 40.3. The van der Waals surface area contributed by atoms with Crippen molar-refractivity contribution >= 4 is 17.2 Å². The summed E-state index contributed by atoms with van der Waals surface area (Å²) in [6, 6.07) is 6.03. The van der Waals surface area contributed by atoms with Gasteiger partial charge in [-0.3, -0.25) is 19.5 Å². The Morgan fingerprint density at radius 2 is 1.92 bits per heavy atom. The highest BCUT2D eigenvalue weighted by Gasteiger charge is 2.21. The molecular formula is C17H16N4O4. The molecule has 0 unspecified atom stereocenters. The molecule has 2 aromatic heterocycles. The first-order valence-corrected chi connectivity index (χ1v) is 8.04. The van der Waals surface area contributed by atoms with Crippen molar-refractivity contribution in [2.45, 2.75) is 25.7 Å². The minimum absolute atomic E-state index is 0.0428. The smallest absolute Gasteiger partial charge is 0.290 e. The van der Waals surface area contributed by atoms with E-state index in [4.69, 9.17) is 0 Å². The summed E-state index contributed by atoms with van der Waals surface area (Å²) in [6.07, 6.45) is 3.30. The molecule has 0 saturated heterocycles. The maximum atomic E-state index is 12.6. The van der Waals surface area contributed by atoms with Crippen LogP contribution in [0.1, 0.15) is 34.5 Å². The van der Waals surface area contributed by atoms with Gasteiger partial charge in [0.2, 0.25) is 0 Å². The lowest BCUT2D eigenvalue weighted by molar-refractivity contribution is 0.102. The maximum absolute atomic E-state index is 12.6. The number of fused-ring (bicyclic) bond motifs is 2. The van der Waals surface area contributed by atoms with E-state index in [0.29, 0.717) is 12.0 Å². The number of para-hydroxylation sites is 1. The van der Waals surface area contributed by atoms with E-state index in [0.717, 1.165) is 29.5 Å². The second-order valence-corrected chi connectivity index (χ2v) is 6.07. The quantitative estimate of drug-likeness (QED) is 0.559. The number of aryl methyl sites for hydroxylation is 1. The minimum atomic E-state index is -0.629. The predicted octanol–water partition coefficient (Wildman–Crippen LogP) is 1.15. The third kappa shape index (κ3) is 2.42. The predicted molar refractivity (Wildman–Crippen MR) is 91.3 cm³/mol. The van der Waals surface area contributed by atoms with Crippen LogP contribution in [-0.2, 0) is 12.8 Å². The lowest BCUT2D eigenvalue weighted by atomic mass is 9.97. The summed E-state index contributed by atoms with van der Waals surface area (Å²) < 4.78 is 1.13. The van der Waals surface area contributed by atoms with Crippen molar-refractivity contribution < 1.29 is 9.90 Å². The Bertz CT molecular complexity index is 1110. The van der Waals surface area contributed by atoms with Gasteiger partial charge in [-0.15, -0.1) is 0 Å². The molecule has 0 aliphatic heterocycles. The number of benzene rings is 1. The van der Waals surface area contributed by atoms with Gasteiger partial charge in [-0.05, 0) is 37.8 Å². The summed E-state index contributed by atoms with van der Waals surface area (Å²) in [5, 5.41) is 14.7. The van der Waals surface area contributed by atoms with Gasteiger partial charge in [-0.1, -0.05) is 12.1 Å². The van der Waals surface area contributed by atoms with E-state index in [-0.39, 0.29) is 28.2 Å². The fraction of sp³-hybridized carbons (Fsp3) is 0.235. The molecule has 4 rings (SSSR count). The van der Waals surface area contributed by atoms with Gasteiger partial charge in [0.1, 0.15) is 5.75 Å². The zero-order chi connectivity index (χ0) is 17.6. The number of nitrogens with zero attached hydrogens (tertiary/aromatic N) is 1. The first-order chi connectivity index (χ1) is 12.1. The van der Waals surface area contributed by atoms with Crippen LogP contribution in [0.25, 0.3) is 5.65 Å². The highest BCUT2D eigenvalue weighted by atomic mass is 16.3. The van der Waals surface area contributed by atoms with Crippen molar-refractivity contribution in [3.05, 3.63) is 61.8 Å². The van der Waals surface area contributed by atoms with Crippen LogP contribution in [0, 0.1) is 0 Å². The van der Waals surface area contributed by atoms with Crippen molar-refractivity contribution in [2.75, 3.05) is 5.32 Å². The standard InChI is InChI=1S/C17H16N4O4/c22-12-8-4-2-6-10(12)15(23)19-13-14-18-11-7-3-1-5-9(11)17(25)21(14)20-16(13)24/h2,4,6,8,18,22H,1,3,5,7H2,(H,19,23)(H,20,24). The van der Waals surface area contributed by atoms with Crippen LogP contribution in [0.2, 0.25) is 0 Å². The van der Waals surface area contributed by atoms with Crippen molar-refractivity contribution in [1.82, 2.24) is 14.6 Å². The number of phenols is 1. The first-order valence-electron chi connectivity index (χ1n) is 8.04. The second-order valence-electron chi connectivity index (χ2n) is 6.07. The Kier molecular flexibility index (Phi) is 3.45. The summed E-state index contributed by atoms with van der Waals surface area (Å²) in [5.41, 5.74) is 0.833. The highest BCUT2D eigenvalue weighted by Crippen LogP contribution is 2.20. The van der Waals surface area contributed by atoms with Gasteiger partial charge in [0.05, 0.1) is 5.56 Å². The summed E-state index contributed by atoms with van der Waals surface area (Å²) in [7, 11) is 0. The lowest BCUT2D eigenvalue weighted by Gasteiger charge is -2.15. The van der Waals surface area contributed by atoms with Gasteiger partial charge in [0.15, 0.2) is 11.3 Å². The normalized spacial score (nSPS) is 13.6. The molecule has 128 valence electrons. The number of rotatable bonds is 2. The van der Waals surface area contributed by atoms with Crippen molar-refractivity contribution in [3.8, 4) is 5.75 Å². The molecular weight excluding hydrogens is 324 g/mol. The molecule has 25 heavy (non-hydrogen) atoms. The number of amides is 1. The van der Waals surface area contributed by atoms with E-state index in [2.05, 4.69) is 15.4 Å². The molecule has 1 aliphatic rings. The largest absolute Gasteiger partial charge is 0.507 e. The number of carbonyl (C=O) groups is 1. The van der Waals surface area contributed by atoms with E-state index in [9.17, 15) is 19.5 Å². The Labute approximate surface area is 141 Å². The zero-order valence-electron chi connectivity index (χ0n) is 13.3. The summed E-state index contributed by atoms with van der Waals surface area (Å²) in [6.45, 7) is 0. The Morgan fingerprint density at radius 1 is 1.16 bits per heavy atom. The lowest BCUT2D eigenvalue weighted by Crippen LogP contribution is -2.25. The molecule has 0 fully saturated rings. The van der Waals surface area contributed by atoms with Gasteiger partial charge < -0.3 is 15.4 Å². The molecule has 4 N–H and O–H groups in total. The van der Waals surface area contributed by atoms with Crippen LogP contribution in [0.4, 0.5) is 5.69 Å². The number of hydrogen-bond donors (Lipinski definition) is 4. The molecule has 8 nitrogen and oxygen atoms in total. The Hall–Kier alpha value is -3.29. The highest BCUT2D eigenvalue weighted by molar-refractivity contribution is 6.07.